The van der Waals surface area contributed by atoms with Gasteiger partial charge in [0.2, 0.25) is 0 Å². The number of aliphatic carboxylic acids is 1. The van der Waals surface area contributed by atoms with E-state index in [1.54, 1.807) is 18.2 Å². The molecule has 0 aliphatic carbocycles. The number of carboxylic acid groups (broad SMARTS) is 1. The van der Waals surface area contributed by atoms with Gasteiger partial charge in [-0.1, -0.05) is 12.0 Å². The van der Waals surface area contributed by atoms with Crippen molar-refractivity contribution in [2.24, 2.45) is 0 Å². The number of carbonyl (C=O) groups excluding carboxylic acids is 1. The lowest BCUT2D eigenvalue weighted by Gasteiger charge is -2.18. The Bertz CT molecular complexity index is 684. The number of nitrogens with zero attached hydrogens (tertiary/aromatic N) is 2. The molecule has 2 aromatic rings. The van der Waals surface area contributed by atoms with Crippen LogP contribution in [0.5, 0.6) is 0 Å². The van der Waals surface area contributed by atoms with Gasteiger partial charge >= 0.3 is 5.97 Å². The van der Waals surface area contributed by atoms with E-state index in [0.29, 0.717) is 5.56 Å². The zero-order valence-corrected chi connectivity index (χ0v) is 11.3. The number of hydrogen-bond acceptors (Lipinski definition) is 2. The maximum atomic E-state index is 12.3. The normalized spacial score (nSPS) is 9.86. The average molecular weight is 282 g/mol. The molecule has 5 heteroatoms. The molecule has 0 aliphatic heterocycles. The van der Waals surface area contributed by atoms with Gasteiger partial charge in [-0.3, -0.25) is 9.59 Å². The van der Waals surface area contributed by atoms with E-state index in [9.17, 15) is 9.59 Å². The Morgan fingerprint density at radius 2 is 1.95 bits per heavy atom. The van der Waals surface area contributed by atoms with Crippen LogP contribution < -0.4 is 0 Å². The second-order valence-corrected chi connectivity index (χ2v) is 4.40. The minimum Gasteiger partial charge on any atom is -0.480 e. The van der Waals surface area contributed by atoms with E-state index in [4.69, 9.17) is 11.5 Å². The summed E-state index contributed by atoms with van der Waals surface area (Å²) in [4.78, 5) is 24.3. The second kappa shape index (κ2) is 6.44. The number of benzene rings is 1. The Hall–Kier alpha value is -3.00. The highest BCUT2D eigenvalue weighted by atomic mass is 16.4. The first-order valence-electron chi connectivity index (χ1n) is 6.30. The lowest BCUT2D eigenvalue weighted by molar-refractivity contribution is -0.137. The molecule has 1 aromatic carbocycles. The van der Waals surface area contributed by atoms with Crippen LogP contribution in [0, 0.1) is 12.3 Å². The number of amides is 1. The van der Waals surface area contributed by atoms with E-state index in [1.807, 2.05) is 35.2 Å². The van der Waals surface area contributed by atoms with Crippen molar-refractivity contribution in [1.29, 1.82) is 0 Å². The van der Waals surface area contributed by atoms with Crippen molar-refractivity contribution in [3.05, 3.63) is 54.4 Å². The van der Waals surface area contributed by atoms with Crippen LogP contribution in [-0.2, 0) is 4.79 Å². The van der Waals surface area contributed by atoms with Crippen LogP contribution in [0.4, 0.5) is 0 Å². The maximum absolute atomic E-state index is 12.3. The van der Waals surface area contributed by atoms with Crippen molar-refractivity contribution in [1.82, 2.24) is 9.47 Å². The van der Waals surface area contributed by atoms with Crippen LogP contribution in [0.2, 0.25) is 0 Å². The molecule has 0 unspecified atom stereocenters. The van der Waals surface area contributed by atoms with E-state index in [2.05, 4.69) is 5.92 Å². The predicted octanol–water partition coefficient (Wildman–Crippen LogP) is 1.64. The molecule has 0 bridgehead atoms. The van der Waals surface area contributed by atoms with Crippen molar-refractivity contribution >= 4 is 11.9 Å². The highest BCUT2D eigenvalue weighted by Crippen LogP contribution is 2.13. The van der Waals surface area contributed by atoms with Gasteiger partial charge < -0.3 is 14.6 Å². The zero-order chi connectivity index (χ0) is 15.2. The quantitative estimate of drug-likeness (QED) is 0.848. The number of terminal acetylenes is 1. The number of hydrogen-bond donors (Lipinski definition) is 1. The molecular weight excluding hydrogens is 268 g/mol. The molecule has 1 heterocycles. The van der Waals surface area contributed by atoms with E-state index in [1.165, 1.54) is 0 Å². The Morgan fingerprint density at radius 3 is 2.57 bits per heavy atom. The number of carboxylic acids is 1. The van der Waals surface area contributed by atoms with Crippen molar-refractivity contribution < 1.29 is 14.7 Å². The summed E-state index contributed by atoms with van der Waals surface area (Å²) in [7, 11) is 0. The Labute approximate surface area is 122 Å². The van der Waals surface area contributed by atoms with Crippen molar-refractivity contribution in [2.45, 2.75) is 0 Å². The molecule has 0 spiro atoms. The van der Waals surface area contributed by atoms with Crippen LogP contribution in [0.25, 0.3) is 5.69 Å². The summed E-state index contributed by atoms with van der Waals surface area (Å²) in [5.74, 6) is 0.807. The van der Waals surface area contributed by atoms with E-state index in [0.717, 1.165) is 10.6 Å². The van der Waals surface area contributed by atoms with E-state index >= 15 is 0 Å². The van der Waals surface area contributed by atoms with Gasteiger partial charge in [-0.2, -0.15) is 0 Å². The summed E-state index contributed by atoms with van der Waals surface area (Å²) in [6.07, 6.45) is 8.91. The molecule has 0 saturated carbocycles. The summed E-state index contributed by atoms with van der Waals surface area (Å²) >= 11 is 0. The highest BCUT2D eigenvalue weighted by molar-refractivity contribution is 5.96. The Morgan fingerprint density at radius 1 is 1.24 bits per heavy atom. The monoisotopic (exact) mass is 282 g/mol. The molecule has 21 heavy (non-hydrogen) atoms. The largest absolute Gasteiger partial charge is 0.480 e. The Balaban J connectivity index is 2.28. The smallest absolute Gasteiger partial charge is 0.323 e. The van der Waals surface area contributed by atoms with Crippen LogP contribution in [0.15, 0.2) is 48.8 Å². The maximum Gasteiger partial charge on any atom is 0.323 e. The third-order valence-electron chi connectivity index (χ3n) is 2.89. The third-order valence-corrected chi connectivity index (χ3v) is 2.89. The van der Waals surface area contributed by atoms with Gasteiger partial charge in [0.25, 0.3) is 5.91 Å². The minimum atomic E-state index is -1.10. The van der Waals surface area contributed by atoms with Gasteiger partial charge in [0.1, 0.15) is 6.54 Å². The Kier molecular flexibility index (Phi) is 4.42. The molecule has 106 valence electrons. The first-order chi connectivity index (χ1) is 10.1. The van der Waals surface area contributed by atoms with Crippen LogP contribution in [0.1, 0.15) is 10.4 Å². The topological polar surface area (TPSA) is 62.5 Å². The summed E-state index contributed by atoms with van der Waals surface area (Å²) in [5.41, 5.74) is 1.22. The van der Waals surface area contributed by atoms with Crippen molar-refractivity contribution in [3.63, 3.8) is 0 Å². The molecule has 0 atom stereocenters. The third kappa shape index (κ3) is 3.51. The van der Waals surface area contributed by atoms with E-state index < -0.39 is 18.4 Å². The SMILES string of the molecule is C#CCN(CC(=O)O)C(=O)c1cccc(-n2cccc2)c1. The fraction of sp³-hybridized carbons (Fsp3) is 0.125. The van der Waals surface area contributed by atoms with Crippen molar-refractivity contribution in [3.8, 4) is 18.0 Å². The van der Waals surface area contributed by atoms with Gasteiger partial charge in [0.15, 0.2) is 0 Å². The van der Waals surface area contributed by atoms with Crippen molar-refractivity contribution in [2.75, 3.05) is 13.1 Å². The van der Waals surface area contributed by atoms with E-state index in [-0.39, 0.29) is 6.54 Å². The number of aromatic nitrogens is 1. The molecule has 2 rings (SSSR count). The average Bonchev–Trinajstić information content (AvgIpc) is 3.00. The predicted molar refractivity (Wildman–Crippen MR) is 78.1 cm³/mol. The molecule has 1 amide bonds. The molecule has 1 aromatic heterocycles. The fourth-order valence-electron chi connectivity index (χ4n) is 1.96. The van der Waals surface area contributed by atoms with Gasteiger partial charge in [-0.05, 0) is 30.3 Å². The molecule has 0 radical (unpaired) electrons. The standard InChI is InChI=1S/C16H14N2O3/c1-2-8-18(12-15(19)20)16(21)13-6-5-7-14(11-13)17-9-3-4-10-17/h1,3-7,9-11H,8,12H2,(H,19,20). The van der Waals surface area contributed by atoms with Crippen LogP contribution in [-0.4, -0.2) is 39.5 Å². The van der Waals surface area contributed by atoms with Gasteiger partial charge in [0, 0.05) is 23.6 Å². The molecule has 5 nitrogen and oxygen atoms in total. The molecule has 1 N–H and O–H groups in total. The highest BCUT2D eigenvalue weighted by Gasteiger charge is 2.18. The molecule has 0 fully saturated rings. The molecular formula is C16H14N2O3. The summed E-state index contributed by atoms with van der Waals surface area (Å²) in [5, 5.41) is 8.84. The fourth-order valence-corrected chi connectivity index (χ4v) is 1.96. The lowest BCUT2D eigenvalue weighted by atomic mass is 10.1. The summed E-state index contributed by atoms with van der Waals surface area (Å²) in [6, 6.07) is 10.7. The van der Waals surface area contributed by atoms with Gasteiger partial charge in [-0.15, -0.1) is 6.42 Å². The first kappa shape index (κ1) is 14.4. The lowest BCUT2D eigenvalue weighted by Crippen LogP contribution is -2.36. The number of rotatable bonds is 5. The first-order valence-corrected chi connectivity index (χ1v) is 6.30. The summed E-state index contributed by atoms with van der Waals surface area (Å²) < 4.78 is 1.86. The molecule has 0 aliphatic rings. The molecule has 0 saturated heterocycles. The van der Waals surface area contributed by atoms with Crippen LogP contribution >= 0.6 is 0 Å². The minimum absolute atomic E-state index is 0.0428. The second-order valence-electron chi connectivity index (χ2n) is 4.40. The van der Waals surface area contributed by atoms with Gasteiger partial charge in [0.05, 0.1) is 6.54 Å². The van der Waals surface area contributed by atoms with Gasteiger partial charge in [-0.25, -0.2) is 0 Å². The zero-order valence-electron chi connectivity index (χ0n) is 11.3. The number of carbonyl (C=O) groups is 2. The van der Waals surface area contributed by atoms with Crippen LogP contribution in [0.3, 0.4) is 0 Å². The summed E-state index contributed by atoms with van der Waals surface area (Å²) in [6.45, 7) is -0.463.